The molecule has 0 saturated heterocycles. The molecule has 13 heavy (non-hydrogen) atoms. The van der Waals surface area contributed by atoms with Crippen molar-refractivity contribution in [2.45, 2.75) is 19.3 Å². The second kappa shape index (κ2) is 3.62. The zero-order valence-corrected chi connectivity index (χ0v) is 9.03. The van der Waals surface area contributed by atoms with E-state index in [1.165, 1.54) is 11.8 Å². The van der Waals surface area contributed by atoms with Crippen LogP contribution in [0.2, 0.25) is 0 Å². The number of amides is 1. The largest absolute Gasteiger partial charge is 0.469 e. The van der Waals surface area contributed by atoms with Gasteiger partial charge in [0.05, 0.1) is 12.5 Å². The van der Waals surface area contributed by atoms with E-state index in [4.69, 9.17) is 0 Å². The molecule has 0 spiro atoms. The van der Waals surface area contributed by atoms with E-state index in [2.05, 4.69) is 14.1 Å². The van der Waals surface area contributed by atoms with Crippen LogP contribution in [0.1, 0.15) is 19.3 Å². The Morgan fingerprint density at radius 2 is 2.08 bits per heavy atom. The highest BCUT2D eigenvalue weighted by atomic mass is 31.0. The van der Waals surface area contributed by atoms with E-state index in [1.807, 2.05) is 0 Å². The lowest BCUT2D eigenvalue weighted by molar-refractivity contribution is -0.149. The van der Waals surface area contributed by atoms with Gasteiger partial charge in [0, 0.05) is 13.5 Å². The van der Waals surface area contributed by atoms with Crippen LogP contribution in [-0.2, 0) is 14.3 Å². The Morgan fingerprint density at radius 1 is 1.54 bits per heavy atom. The maximum absolute atomic E-state index is 11.3. The molecule has 5 heteroatoms. The number of carbonyl (C=O) groups is 2. The molecule has 0 N–H and O–H groups in total. The molecule has 1 atom stereocenters. The second-order valence-electron chi connectivity index (χ2n) is 3.45. The molecule has 74 valence electrons. The number of esters is 1. The lowest BCUT2D eigenvalue weighted by atomic mass is 10.0. The predicted molar refractivity (Wildman–Crippen MR) is 50.8 cm³/mol. The third-order valence-electron chi connectivity index (χ3n) is 2.35. The van der Waals surface area contributed by atoms with Crippen LogP contribution in [0.5, 0.6) is 0 Å². The molecule has 0 aromatic rings. The molecule has 0 radical (unpaired) electrons. The molecule has 1 unspecified atom stereocenters. The number of nitrogens with zero attached hydrogens (tertiary/aromatic N) is 1. The Labute approximate surface area is 79.9 Å². The highest BCUT2D eigenvalue weighted by Gasteiger charge is 2.52. The van der Waals surface area contributed by atoms with Crippen molar-refractivity contribution >= 4 is 21.3 Å². The van der Waals surface area contributed by atoms with Gasteiger partial charge >= 0.3 is 5.97 Å². The Balaban J connectivity index is 2.53. The first-order valence-electron chi connectivity index (χ1n) is 4.11. The van der Waals surface area contributed by atoms with Gasteiger partial charge in [0.25, 0.3) is 0 Å². The van der Waals surface area contributed by atoms with E-state index in [0.717, 1.165) is 12.8 Å². The summed E-state index contributed by atoms with van der Waals surface area (Å²) in [7, 11) is 5.29. The SMILES string of the molecule is COC(=O)C1(CC(=O)N(C)P)CC1. The van der Waals surface area contributed by atoms with Crippen LogP contribution in [0.4, 0.5) is 0 Å². The fourth-order valence-corrected chi connectivity index (χ4v) is 1.33. The van der Waals surface area contributed by atoms with Gasteiger partial charge in [-0.3, -0.25) is 9.59 Å². The number of rotatable bonds is 3. The molecule has 0 aromatic heterocycles. The van der Waals surface area contributed by atoms with Crippen LogP contribution >= 0.6 is 9.39 Å². The fourth-order valence-electron chi connectivity index (χ4n) is 1.23. The molecule has 1 amide bonds. The number of ether oxygens (including phenoxy) is 1. The van der Waals surface area contributed by atoms with Crippen molar-refractivity contribution in [1.82, 2.24) is 4.67 Å². The van der Waals surface area contributed by atoms with E-state index in [-0.39, 0.29) is 18.3 Å². The minimum Gasteiger partial charge on any atom is -0.469 e. The summed E-state index contributed by atoms with van der Waals surface area (Å²) >= 11 is 0. The Kier molecular flexibility index (Phi) is 2.91. The second-order valence-corrected chi connectivity index (χ2v) is 4.23. The van der Waals surface area contributed by atoms with E-state index in [1.54, 1.807) is 7.05 Å². The minimum absolute atomic E-state index is 0.0482. The van der Waals surface area contributed by atoms with Gasteiger partial charge in [-0.25, -0.2) is 0 Å². The number of hydrogen-bond acceptors (Lipinski definition) is 3. The predicted octanol–water partition coefficient (Wildman–Crippen LogP) is 0.578. The monoisotopic (exact) mass is 203 g/mol. The van der Waals surface area contributed by atoms with Crippen molar-refractivity contribution in [2.24, 2.45) is 5.41 Å². The first kappa shape index (κ1) is 10.5. The third kappa shape index (κ3) is 2.19. The van der Waals surface area contributed by atoms with Crippen LogP contribution in [0.3, 0.4) is 0 Å². The molecule has 4 nitrogen and oxygen atoms in total. The van der Waals surface area contributed by atoms with Crippen LogP contribution in [0.15, 0.2) is 0 Å². The van der Waals surface area contributed by atoms with E-state index >= 15 is 0 Å². The lowest BCUT2D eigenvalue weighted by Crippen LogP contribution is -2.26. The van der Waals surface area contributed by atoms with Gasteiger partial charge in [-0.15, -0.1) is 0 Å². The van der Waals surface area contributed by atoms with Crippen molar-refractivity contribution in [3.8, 4) is 0 Å². The normalized spacial score (nSPS) is 17.8. The molecule has 1 saturated carbocycles. The topological polar surface area (TPSA) is 46.6 Å². The van der Waals surface area contributed by atoms with Gasteiger partial charge in [0.15, 0.2) is 0 Å². The van der Waals surface area contributed by atoms with E-state index in [9.17, 15) is 9.59 Å². The van der Waals surface area contributed by atoms with Crippen LogP contribution in [0.25, 0.3) is 0 Å². The Morgan fingerprint density at radius 3 is 2.38 bits per heavy atom. The molecule has 1 aliphatic carbocycles. The van der Waals surface area contributed by atoms with E-state index < -0.39 is 5.41 Å². The highest BCUT2D eigenvalue weighted by Crippen LogP contribution is 2.50. The smallest absolute Gasteiger partial charge is 0.312 e. The van der Waals surface area contributed by atoms with Gasteiger partial charge in [-0.2, -0.15) is 0 Å². The van der Waals surface area contributed by atoms with Gasteiger partial charge in [0.1, 0.15) is 0 Å². The van der Waals surface area contributed by atoms with Crippen molar-refractivity contribution in [3.05, 3.63) is 0 Å². The first-order valence-corrected chi connectivity index (χ1v) is 4.63. The summed E-state index contributed by atoms with van der Waals surface area (Å²) in [5.41, 5.74) is -0.503. The van der Waals surface area contributed by atoms with Gasteiger partial charge in [0.2, 0.25) is 5.91 Å². The average Bonchev–Trinajstić information content (AvgIpc) is 2.84. The Hall–Kier alpha value is -0.630. The van der Waals surface area contributed by atoms with Crippen molar-refractivity contribution in [2.75, 3.05) is 14.2 Å². The van der Waals surface area contributed by atoms with Gasteiger partial charge < -0.3 is 9.41 Å². The van der Waals surface area contributed by atoms with Crippen LogP contribution in [-0.4, -0.2) is 30.7 Å². The van der Waals surface area contributed by atoms with Crippen LogP contribution in [0, 0.1) is 5.41 Å². The molecule has 1 aliphatic rings. The Bertz CT molecular complexity index is 236. The van der Waals surface area contributed by atoms with Gasteiger partial charge in [-0.05, 0) is 22.2 Å². The summed E-state index contributed by atoms with van der Waals surface area (Å²) in [5.74, 6) is -0.305. The van der Waals surface area contributed by atoms with Crippen molar-refractivity contribution in [1.29, 1.82) is 0 Å². The molecular formula is C8H14NO3P. The molecule has 0 heterocycles. The fraction of sp³-hybridized carbons (Fsp3) is 0.750. The van der Waals surface area contributed by atoms with Crippen LogP contribution < -0.4 is 0 Å². The van der Waals surface area contributed by atoms with E-state index in [0.29, 0.717) is 0 Å². The van der Waals surface area contributed by atoms with Crippen molar-refractivity contribution < 1.29 is 14.3 Å². The minimum atomic E-state index is -0.503. The molecule has 1 fully saturated rings. The summed E-state index contributed by atoms with van der Waals surface area (Å²) in [6.45, 7) is 0. The molecular weight excluding hydrogens is 189 g/mol. The summed E-state index contributed by atoms with van der Waals surface area (Å²) < 4.78 is 6.06. The molecule has 0 aromatic carbocycles. The zero-order valence-electron chi connectivity index (χ0n) is 7.87. The molecule has 1 rings (SSSR count). The van der Waals surface area contributed by atoms with Gasteiger partial charge in [-0.1, -0.05) is 0 Å². The number of hydrogen-bond donors (Lipinski definition) is 0. The standard InChI is InChI=1S/C8H14NO3P/c1-9(13)6(10)5-8(3-4-8)7(11)12-2/h3-5,13H2,1-2H3. The summed E-state index contributed by atoms with van der Waals surface area (Å²) in [4.78, 5) is 22.6. The summed E-state index contributed by atoms with van der Waals surface area (Å²) in [5, 5.41) is 0. The van der Waals surface area contributed by atoms with Crippen molar-refractivity contribution in [3.63, 3.8) is 0 Å². The lowest BCUT2D eigenvalue weighted by Gasteiger charge is -2.15. The quantitative estimate of drug-likeness (QED) is 0.498. The number of methoxy groups -OCH3 is 1. The molecule has 0 aliphatic heterocycles. The summed E-state index contributed by atoms with van der Waals surface area (Å²) in [6.07, 6.45) is 1.80. The zero-order chi connectivity index (χ0) is 10.1. The highest BCUT2D eigenvalue weighted by molar-refractivity contribution is 7.14. The average molecular weight is 203 g/mol. The third-order valence-corrected chi connectivity index (χ3v) is 2.64. The molecule has 0 bridgehead atoms. The maximum Gasteiger partial charge on any atom is 0.312 e. The maximum atomic E-state index is 11.3. The first-order chi connectivity index (χ1) is 6.02. The summed E-state index contributed by atoms with van der Waals surface area (Å²) in [6, 6.07) is 0. The number of carbonyl (C=O) groups excluding carboxylic acids is 2.